The molecule has 6 nitrogen and oxygen atoms in total. The van der Waals surface area contributed by atoms with E-state index < -0.39 is 0 Å². The van der Waals surface area contributed by atoms with Crippen LogP contribution < -0.4 is 0 Å². The van der Waals surface area contributed by atoms with Crippen molar-refractivity contribution in [2.45, 2.75) is 26.1 Å². The van der Waals surface area contributed by atoms with E-state index in [1.54, 1.807) is 18.4 Å². The molecule has 2 heterocycles. The van der Waals surface area contributed by atoms with Gasteiger partial charge < -0.3 is 9.26 Å². The Bertz CT molecular complexity index is 471. The number of hydrogen-bond donors (Lipinski definition) is 0. The van der Waals surface area contributed by atoms with E-state index in [2.05, 4.69) is 26.9 Å². The molecule has 0 spiro atoms. The van der Waals surface area contributed by atoms with Crippen molar-refractivity contribution in [3.8, 4) is 0 Å². The molecule has 0 aromatic carbocycles. The predicted molar refractivity (Wildman–Crippen MR) is 67.0 cm³/mol. The second-order valence-corrected chi connectivity index (χ2v) is 4.92. The summed E-state index contributed by atoms with van der Waals surface area (Å²) >= 11 is 1.65. The molecule has 0 fully saturated rings. The molecule has 0 radical (unpaired) electrons. The first kappa shape index (κ1) is 13.1. The Kier molecular flexibility index (Phi) is 4.40. The van der Waals surface area contributed by atoms with Crippen LogP contribution in [0.3, 0.4) is 0 Å². The maximum Gasteiger partial charge on any atom is 0.252 e. The minimum absolute atomic E-state index is 0.231. The van der Waals surface area contributed by atoms with E-state index >= 15 is 0 Å². The normalized spacial score (nSPS) is 13.1. The summed E-state index contributed by atoms with van der Waals surface area (Å²) in [6, 6.07) is 0.231. The highest BCUT2D eigenvalue weighted by Crippen LogP contribution is 2.21. The summed E-state index contributed by atoms with van der Waals surface area (Å²) < 4.78 is 9.98. The fourth-order valence-corrected chi connectivity index (χ4v) is 2.29. The van der Waals surface area contributed by atoms with Gasteiger partial charge in [0.25, 0.3) is 5.89 Å². The maximum atomic E-state index is 5.05. The van der Waals surface area contributed by atoms with Gasteiger partial charge >= 0.3 is 0 Å². The highest BCUT2D eigenvalue weighted by Gasteiger charge is 2.16. The van der Waals surface area contributed by atoms with Crippen LogP contribution in [0.4, 0.5) is 0 Å². The Labute approximate surface area is 110 Å². The minimum Gasteiger partial charge on any atom is -0.375 e. The van der Waals surface area contributed by atoms with Crippen LogP contribution in [-0.4, -0.2) is 34.2 Å². The van der Waals surface area contributed by atoms with Gasteiger partial charge in [-0.3, -0.25) is 4.90 Å². The van der Waals surface area contributed by atoms with Crippen molar-refractivity contribution in [2.75, 3.05) is 14.2 Å². The zero-order chi connectivity index (χ0) is 13.0. The summed E-state index contributed by atoms with van der Waals surface area (Å²) in [5, 5.41) is 6.97. The molecule has 2 aromatic rings. The van der Waals surface area contributed by atoms with Crippen LogP contribution in [0.1, 0.15) is 29.7 Å². The van der Waals surface area contributed by atoms with Gasteiger partial charge in [-0.15, -0.1) is 11.3 Å². The van der Waals surface area contributed by atoms with Gasteiger partial charge in [0.1, 0.15) is 11.6 Å². The standard InChI is InChI=1S/C11H16N4O2S/c1-8(11-12-4-5-18-11)15(2)6-9-13-10(7-16-3)17-14-9/h4-5,8H,6-7H2,1-3H3. The third-order valence-corrected chi connectivity index (χ3v) is 3.58. The molecule has 0 aliphatic rings. The highest BCUT2D eigenvalue weighted by atomic mass is 32.1. The molecule has 0 N–H and O–H groups in total. The first-order chi connectivity index (χ1) is 8.70. The van der Waals surface area contributed by atoms with E-state index in [0.29, 0.717) is 24.9 Å². The van der Waals surface area contributed by atoms with E-state index in [4.69, 9.17) is 9.26 Å². The van der Waals surface area contributed by atoms with Gasteiger partial charge in [0, 0.05) is 18.7 Å². The molecule has 0 amide bonds. The molecule has 0 saturated heterocycles. The molecule has 2 rings (SSSR count). The molecule has 7 heteroatoms. The van der Waals surface area contributed by atoms with Crippen molar-refractivity contribution in [3.05, 3.63) is 28.3 Å². The van der Waals surface area contributed by atoms with Crippen LogP contribution in [-0.2, 0) is 17.9 Å². The van der Waals surface area contributed by atoms with Crippen LogP contribution in [0.15, 0.2) is 16.1 Å². The Hall–Kier alpha value is -1.31. The molecule has 2 aromatic heterocycles. The Balaban J connectivity index is 1.95. The number of nitrogens with zero attached hydrogens (tertiary/aromatic N) is 4. The van der Waals surface area contributed by atoms with E-state index in [-0.39, 0.29) is 6.04 Å². The molecule has 98 valence electrons. The number of hydrogen-bond acceptors (Lipinski definition) is 7. The smallest absolute Gasteiger partial charge is 0.252 e. The fraction of sp³-hybridized carbons (Fsp3) is 0.545. The Morgan fingerprint density at radius 2 is 2.39 bits per heavy atom. The second kappa shape index (κ2) is 6.03. The number of ether oxygens (including phenoxy) is 1. The van der Waals surface area contributed by atoms with Gasteiger partial charge in [0.2, 0.25) is 0 Å². The number of rotatable bonds is 6. The summed E-state index contributed by atoms with van der Waals surface area (Å²) in [5.41, 5.74) is 0. The van der Waals surface area contributed by atoms with Crippen LogP contribution in [0.25, 0.3) is 0 Å². The molecule has 0 bridgehead atoms. The summed E-state index contributed by atoms with van der Waals surface area (Å²) in [6.07, 6.45) is 1.81. The van der Waals surface area contributed by atoms with Crippen LogP contribution in [0, 0.1) is 0 Å². The molecule has 0 aliphatic heterocycles. The molecule has 18 heavy (non-hydrogen) atoms. The lowest BCUT2D eigenvalue weighted by Crippen LogP contribution is -2.22. The average molecular weight is 268 g/mol. The number of methoxy groups -OCH3 is 1. The Morgan fingerprint density at radius 3 is 3.06 bits per heavy atom. The molecule has 1 unspecified atom stereocenters. The fourth-order valence-electron chi connectivity index (χ4n) is 1.53. The largest absolute Gasteiger partial charge is 0.375 e. The van der Waals surface area contributed by atoms with Crippen molar-refractivity contribution in [1.29, 1.82) is 0 Å². The SMILES string of the molecule is COCc1nc(CN(C)C(C)c2nccs2)no1. The molecular weight excluding hydrogens is 252 g/mol. The quantitative estimate of drug-likeness (QED) is 0.797. The highest BCUT2D eigenvalue weighted by molar-refractivity contribution is 7.09. The van der Waals surface area contributed by atoms with E-state index in [9.17, 15) is 0 Å². The first-order valence-electron chi connectivity index (χ1n) is 5.60. The molecule has 1 atom stereocenters. The minimum atomic E-state index is 0.231. The lowest BCUT2D eigenvalue weighted by molar-refractivity contribution is 0.151. The van der Waals surface area contributed by atoms with Crippen molar-refractivity contribution in [1.82, 2.24) is 20.0 Å². The van der Waals surface area contributed by atoms with Crippen molar-refractivity contribution in [2.24, 2.45) is 0 Å². The van der Waals surface area contributed by atoms with Crippen LogP contribution in [0.5, 0.6) is 0 Å². The monoisotopic (exact) mass is 268 g/mol. The van der Waals surface area contributed by atoms with Crippen LogP contribution in [0.2, 0.25) is 0 Å². The van der Waals surface area contributed by atoms with Gasteiger partial charge in [-0.2, -0.15) is 4.98 Å². The predicted octanol–water partition coefficient (Wildman–Crippen LogP) is 1.87. The lowest BCUT2D eigenvalue weighted by atomic mass is 10.3. The lowest BCUT2D eigenvalue weighted by Gasteiger charge is -2.20. The van der Waals surface area contributed by atoms with Gasteiger partial charge in [0.05, 0.1) is 12.6 Å². The summed E-state index contributed by atoms with van der Waals surface area (Å²) in [6.45, 7) is 3.07. The Morgan fingerprint density at radius 1 is 1.56 bits per heavy atom. The van der Waals surface area contributed by atoms with E-state index in [1.165, 1.54) is 0 Å². The third kappa shape index (κ3) is 3.12. The topological polar surface area (TPSA) is 64.3 Å². The molecular formula is C11H16N4O2S. The first-order valence-corrected chi connectivity index (χ1v) is 6.48. The number of thiazole rings is 1. The van der Waals surface area contributed by atoms with Crippen molar-refractivity contribution >= 4 is 11.3 Å². The van der Waals surface area contributed by atoms with E-state index in [1.807, 2.05) is 18.6 Å². The van der Waals surface area contributed by atoms with Gasteiger partial charge in [-0.1, -0.05) is 5.16 Å². The van der Waals surface area contributed by atoms with Gasteiger partial charge in [-0.25, -0.2) is 4.98 Å². The maximum absolute atomic E-state index is 5.05. The number of aromatic nitrogens is 3. The van der Waals surface area contributed by atoms with Crippen LogP contribution >= 0.6 is 11.3 Å². The van der Waals surface area contributed by atoms with Gasteiger partial charge in [-0.05, 0) is 14.0 Å². The third-order valence-electron chi connectivity index (χ3n) is 2.64. The summed E-state index contributed by atoms with van der Waals surface area (Å²) in [4.78, 5) is 10.7. The zero-order valence-corrected chi connectivity index (χ0v) is 11.5. The molecule has 0 aliphatic carbocycles. The van der Waals surface area contributed by atoms with Crippen molar-refractivity contribution in [3.63, 3.8) is 0 Å². The average Bonchev–Trinajstić information content (AvgIpc) is 3.00. The summed E-state index contributed by atoms with van der Waals surface area (Å²) in [7, 11) is 3.61. The zero-order valence-electron chi connectivity index (χ0n) is 10.7. The second-order valence-electron chi connectivity index (χ2n) is 4.00. The van der Waals surface area contributed by atoms with Crippen molar-refractivity contribution < 1.29 is 9.26 Å². The molecule has 0 saturated carbocycles. The van der Waals surface area contributed by atoms with E-state index in [0.717, 1.165) is 5.01 Å². The van der Waals surface area contributed by atoms with Gasteiger partial charge in [0.15, 0.2) is 5.82 Å². The summed E-state index contributed by atoms with van der Waals surface area (Å²) in [5.74, 6) is 1.16.